The lowest BCUT2D eigenvalue weighted by molar-refractivity contribution is 0.0654. The van der Waals surface area contributed by atoms with Gasteiger partial charge in [0.1, 0.15) is 0 Å². The summed E-state index contributed by atoms with van der Waals surface area (Å²) in [6.07, 6.45) is 1.86. The number of aryl methyl sites for hydroxylation is 2. The van der Waals surface area contributed by atoms with Crippen LogP contribution in [0.2, 0.25) is 0 Å². The summed E-state index contributed by atoms with van der Waals surface area (Å²) in [4.78, 5) is 9.29. The van der Waals surface area contributed by atoms with Crippen LogP contribution in [0.25, 0.3) is 5.65 Å². The predicted octanol–water partition coefficient (Wildman–Crippen LogP) is 1.56. The molecule has 5 heteroatoms. The first-order valence-corrected chi connectivity index (χ1v) is 5.24. The summed E-state index contributed by atoms with van der Waals surface area (Å²) in [6.45, 7) is 6.02. The van der Waals surface area contributed by atoms with Gasteiger partial charge in [-0.05, 0) is 20.8 Å². The van der Waals surface area contributed by atoms with Gasteiger partial charge in [-0.25, -0.2) is 9.50 Å². The zero-order chi connectivity index (χ0) is 11.7. The number of hydrogen-bond acceptors (Lipinski definition) is 4. The maximum absolute atomic E-state index is 4.92. The molecule has 86 valence electrons. The number of fused-ring (bicyclic) bond motifs is 1. The van der Waals surface area contributed by atoms with E-state index in [-0.39, 0.29) is 6.04 Å². The summed E-state index contributed by atoms with van der Waals surface area (Å²) in [5.41, 5.74) is 6.90. The maximum Gasteiger partial charge on any atom is 0.155 e. The molecule has 16 heavy (non-hydrogen) atoms. The lowest BCUT2D eigenvalue weighted by Crippen LogP contribution is -2.19. The van der Waals surface area contributed by atoms with Crippen LogP contribution in [0.4, 0.5) is 0 Å². The Morgan fingerprint density at radius 2 is 2.19 bits per heavy atom. The molecule has 0 aromatic carbocycles. The number of aromatic nitrogens is 3. The van der Waals surface area contributed by atoms with Gasteiger partial charge >= 0.3 is 0 Å². The number of rotatable bonds is 3. The van der Waals surface area contributed by atoms with Crippen LogP contribution in [-0.4, -0.2) is 21.7 Å². The Labute approximate surface area is 94.4 Å². The Balaban J connectivity index is 2.51. The molecule has 0 aliphatic rings. The molecule has 0 saturated heterocycles. The minimum atomic E-state index is 0.0893. The van der Waals surface area contributed by atoms with Crippen molar-refractivity contribution in [3.05, 3.63) is 29.2 Å². The van der Waals surface area contributed by atoms with Crippen LogP contribution in [-0.2, 0) is 4.84 Å². The van der Waals surface area contributed by atoms with E-state index in [4.69, 9.17) is 4.84 Å². The molecule has 0 bridgehead atoms. The topological polar surface area (TPSA) is 51.5 Å². The first-order valence-electron chi connectivity index (χ1n) is 5.24. The third-order valence-corrected chi connectivity index (χ3v) is 2.65. The van der Waals surface area contributed by atoms with E-state index in [1.165, 1.54) is 0 Å². The quantitative estimate of drug-likeness (QED) is 0.797. The summed E-state index contributed by atoms with van der Waals surface area (Å²) in [5.74, 6) is 0. The van der Waals surface area contributed by atoms with Crippen molar-refractivity contribution in [2.45, 2.75) is 26.8 Å². The first-order chi connectivity index (χ1) is 7.63. The van der Waals surface area contributed by atoms with Gasteiger partial charge in [0.05, 0.1) is 18.8 Å². The molecular formula is C11H16N4O. The summed E-state index contributed by atoms with van der Waals surface area (Å²) in [7, 11) is 1.61. The van der Waals surface area contributed by atoms with Gasteiger partial charge in [0.25, 0.3) is 0 Å². The fraction of sp³-hybridized carbons (Fsp3) is 0.455. The van der Waals surface area contributed by atoms with Crippen LogP contribution >= 0.6 is 0 Å². The minimum absolute atomic E-state index is 0.0893. The average Bonchev–Trinajstić information content (AvgIpc) is 2.60. The summed E-state index contributed by atoms with van der Waals surface area (Å²) < 4.78 is 1.86. The van der Waals surface area contributed by atoms with E-state index in [0.717, 1.165) is 22.6 Å². The molecular weight excluding hydrogens is 204 g/mol. The van der Waals surface area contributed by atoms with Crippen LogP contribution in [0.5, 0.6) is 0 Å². The molecule has 0 aliphatic carbocycles. The van der Waals surface area contributed by atoms with Crippen LogP contribution < -0.4 is 5.48 Å². The molecule has 0 amide bonds. The second-order valence-corrected chi connectivity index (χ2v) is 3.90. The minimum Gasteiger partial charge on any atom is -0.305 e. The van der Waals surface area contributed by atoms with Crippen LogP contribution in [0.1, 0.15) is 29.9 Å². The van der Waals surface area contributed by atoms with Gasteiger partial charge in [0.2, 0.25) is 0 Å². The van der Waals surface area contributed by atoms with Crippen molar-refractivity contribution in [1.82, 2.24) is 20.1 Å². The standard InChI is InChI=1S/C11H16N4O/c1-7-5-11-12-6-10(8(2)14-16-4)9(3)15(11)13-7/h5-6,8,14H,1-4H3. The van der Waals surface area contributed by atoms with Crippen molar-refractivity contribution in [3.8, 4) is 0 Å². The molecule has 2 aromatic heterocycles. The van der Waals surface area contributed by atoms with Crippen LogP contribution in [0, 0.1) is 13.8 Å². The maximum atomic E-state index is 4.92. The van der Waals surface area contributed by atoms with Crippen molar-refractivity contribution in [2.75, 3.05) is 7.11 Å². The second-order valence-electron chi connectivity index (χ2n) is 3.90. The summed E-state index contributed by atoms with van der Waals surface area (Å²) in [6, 6.07) is 2.05. The Morgan fingerprint density at radius 3 is 2.88 bits per heavy atom. The number of hydrogen-bond donors (Lipinski definition) is 1. The van der Waals surface area contributed by atoms with Crippen LogP contribution in [0.15, 0.2) is 12.3 Å². The van der Waals surface area contributed by atoms with E-state index in [2.05, 4.69) is 15.6 Å². The highest BCUT2D eigenvalue weighted by Crippen LogP contribution is 2.17. The molecule has 0 aliphatic heterocycles. The third-order valence-electron chi connectivity index (χ3n) is 2.65. The molecule has 0 saturated carbocycles. The SMILES string of the molecule is CONC(C)c1cnc2cc(C)nn2c1C. The molecule has 0 spiro atoms. The zero-order valence-electron chi connectivity index (χ0n) is 9.98. The second kappa shape index (κ2) is 4.19. The Bertz CT molecular complexity index is 506. The molecule has 2 rings (SSSR count). The molecule has 0 radical (unpaired) electrons. The van der Waals surface area contributed by atoms with E-state index in [9.17, 15) is 0 Å². The highest BCUT2D eigenvalue weighted by molar-refractivity contribution is 5.42. The zero-order valence-corrected chi connectivity index (χ0v) is 9.98. The molecule has 2 heterocycles. The van der Waals surface area contributed by atoms with Crippen molar-refractivity contribution in [3.63, 3.8) is 0 Å². The monoisotopic (exact) mass is 220 g/mol. The van der Waals surface area contributed by atoms with Crippen molar-refractivity contribution in [1.29, 1.82) is 0 Å². The van der Waals surface area contributed by atoms with E-state index in [0.29, 0.717) is 0 Å². The van der Waals surface area contributed by atoms with E-state index >= 15 is 0 Å². The molecule has 0 fully saturated rings. The summed E-state index contributed by atoms with van der Waals surface area (Å²) >= 11 is 0. The van der Waals surface area contributed by atoms with E-state index in [1.807, 2.05) is 37.5 Å². The fourth-order valence-electron chi connectivity index (χ4n) is 1.84. The Morgan fingerprint density at radius 1 is 1.44 bits per heavy atom. The lowest BCUT2D eigenvalue weighted by Gasteiger charge is -2.14. The van der Waals surface area contributed by atoms with E-state index in [1.54, 1.807) is 7.11 Å². The first kappa shape index (κ1) is 11.0. The molecule has 1 atom stereocenters. The van der Waals surface area contributed by atoms with Crippen molar-refractivity contribution < 1.29 is 4.84 Å². The lowest BCUT2D eigenvalue weighted by atomic mass is 10.1. The van der Waals surface area contributed by atoms with Gasteiger partial charge in [-0.2, -0.15) is 10.6 Å². The number of hydroxylamine groups is 1. The Hall–Kier alpha value is -1.46. The van der Waals surface area contributed by atoms with Crippen molar-refractivity contribution in [2.24, 2.45) is 0 Å². The number of nitrogens with one attached hydrogen (secondary N) is 1. The highest BCUT2D eigenvalue weighted by atomic mass is 16.6. The predicted molar refractivity (Wildman–Crippen MR) is 61.0 cm³/mol. The normalized spacial score (nSPS) is 13.2. The molecule has 2 aromatic rings. The van der Waals surface area contributed by atoms with Gasteiger partial charge < -0.3 is 4.84 Å². The van der Waals surface area contributed by atoms with Gasteiger partial charge in [-0.1, -0.05) is 0 Å². The number of nitrogens with zero attached hydrogens (tertiary/aromatic N) is 3. The average molecular weight is 220 g/mol. The molecule has 5 nitrogen and oxygen atoms in total. The highest BCUT2D eigenvalue weighted by Gasteiger charge is 2.12. The van der Waals surface area contributed by atoms with E-state index < -0.39 is 0 Å². The van der Waals surface area contributed by atoms with Crippen LogP contribution in [0.3, 0.4) is 0 Å². The van der Waals surface area contributed by atoms with Crippen molar-refractivity contribution >= 4 is 5.65 Å². The van der Waals surface area contributed by atoms with Gasteiger partial charge in [0.15, 0.2) is 5.65 Å². The fourth-order valence-corrected chi connectivity index (χ4v) is 1.84. The van der Waals surface area contributed by atoms with Gasteiger partial charge in [-0.3, -0.25) is 0 Å². The summed E-state index contributed by atoms with van der Waals surface area (Å²) in [5, 5.41) is 4.40. The third kappa shape index (κ3) is 1.79. The van der Waals surface area contributed by atoms with Gasteiger partial charge in [0, 0.05) is 23.5 Å². The molecule has 1 unspecified atom stereocenters. The Kier molecular flexibility index (Phi) is 2.89. The smallest absolute Gasteiger partial charge is 0.155 e. The van der Waals surface area contributed by atoms with Gasteiger partial charge in [-0.15, -0.1) is 0 Å². The largest absolute Gasteiger partial charge is 0.305 e. The molecule has 1 N–H and O–H groups in total.